The fourth-order valence-electron chi connectivity index (χ4n) is 5.05. The first-order valence-electron chi connectivity index (χ1n) is 10.2. The van der Waals surface area contributed by atoms with E-state index in [1.54, 1.807) is 24.3 Å². The molecule has 3 saturated heterocycles. The van der Waals surface area contributed by atoms with Gasteiger partial charge in [-0.25, -0.2) is 8.42 Å². The molecule has 1 aromatic rings. The lowest BCUT2D eigenvalue weighted by molar-refractivity contribution is -0.144. The molecular weight excluding hydrogens is 392 g/mol. The maximum absolute atomic E-state index is 12.9. The van der Waals surface area contributed by atoms with Gasteiger partial charge in [-0.3, -0.25) is 19.3 Å². The first kappa shape index (κ1) is 20.1. The standard InChI is InChI=1S/C21H26N2O5S/c1-29(27,28)18-7-2-14(3-8-18)4-9-19(24)22-15-5-6-16(22)13-17(12-15)23-20(25)10-11-21(23)26/h2-3,7-8,15-17H,4-6,9-13H2,1H3. The molecule has 3 aliphatic heterocycles. The van der Waals surface area contributed by atoms with Crippen LogP contribution in [0.3, 0.4) is 0 Å². The Bertz CT molecular complexity index is 910. The van der Waals surface area contributed by atoms with Crippen LogP contribution in [-0.4, -0.2) is 60.3 Å². The molecule has 7 nitrogen and oxygen atoms in total. The zero-order valence-electron chi connectivity index (χ0n) is 16.5. The van der Waals surface area contributed by atoms with Gasteiger partial charge in [0, 0.05) is 43.6 Å². The molecule has 3 aliphatic rings. The van der Waals surface area contributed by atoms with Crippen LogP contribution >= 0.6 is 0 Å². The first-order chi connectivity index (χ1) is 13.7. The highest BCUT2D eigenvalue weighted by molar-refractivity contribution is 7.90. The average Bonchev–Trinajstić information content (AvgIpc) is 3.14. The number of carbonyl (C=O) groups excluding carboxylic acids is 3. The molecule has 2 atom stereocenters. The monoisotopic (exact) mass is 418 g/mol. The van der Waals surface area contributed by atoms with Gasteiger partial charge in [-0.1, -0.05) is 12.1 Å². The number of benzene rings is 1. The molecule has 4 rings (SSSR count). The van der Waals surface area contributed by atoms with E-state index in [2.05, 4.69) is 0 Å². The number of aryl methyl sites for hydroxylation is 1. The minimum atomic E-state index is -3.22. The summed E-state index contributed by atoms with van der Waals surface area (Å²) in [4.78, 5) is 40.7. The Morgan fingerprint density at radius 3 is 2.03 bits per heavy atom. The maximum atomic E-state index is 12.9. The van der Waals surface area contributed by atoms with Gasteiger partial charge in [0.1, 0.15) is 0 Å². The molecule has 156 valence electrons. The number of hydrogen-bond donors (Lipinski definition) is 0. The number of nitrogens with zero attached hydrogens (tertiary/aromatic N) is 2. The van der Waals surface area contributed by atoms with Gasteiger partial charge >= 0.3 is 0 Å². The van der Waals surface area contributed by atoms with Gasteiger partial charge < -0.3 is 4.90 Å². The van der Waals surface area contributed by atoms with Crippen LogP contribution in [0.5, 0.6) is 0 Å². The molecule has 3 fully saturated rings. The van der Waals surface area contributed by atoms with Gasteiger partial charge in [-0.15, -0.1) is 0 Å². The Morgan fingerprint density at radius 1 is 0.966 bits per heavy atom. The molecule has 0 aliphatic carbocycles. The Kier molecular flexibility index (Phi) is 5.23. The van der Waals surface area contributed by atoms with Gasteiger partial charge in [0.15, 0.2) is 9.84 Å². The zero-order valence-corrected chi connectivity index (χ0v) is 17.4. The number of sulfone groups is 1. The van der Waals surface area contributed by atoms with Gasteiger partial charge in [0.25, 0.3) is 0 Å². The normalized spacial score (nSPS) is 27.0. The molecule has 2 unspecified atom stereocenters. The molecule has 0 aromatic heterocycles. The Labute approximate surface area is 171 Å². The number of fused-ring (bicyclic) bond motifs is 2. The smallest absolute Gasteiger partial charge is 0.229 e. The molecule has 0 radical (unpaired) electrons. The van der Waals surface area contributed by atoms with Crippen molar-refractivity contribution >= 4 is 27.6 Å². The van der Waals surface area contributed by atoms with Crippen LogP contribution < -0.4 is 0 Å². The lowest BCUT2D eigenvalue weighted by Gasteiger charge is -2.41. The summed E-state index contributed by atoms with van der Waals surface area (Å²) in [6.45, 7) is 0. The Hall–Kier alpha value is -2.22. The summed E-state index contributed by atoms with van der Waals surface area (Å²) in [6, 6.07) is 6.80. The fraction of sp³-hybridized carbons (Fsp3) is 0.571. The predicted octanol–water partition coefficient (Wildman–Crippen LogP) is 1.69. The first-order valence-corrected chi connectivity index (χ1v) is 12.1. The number of hydrogen-bond acceptors (Lipinski definition) is 5. The van der Waals surface area contributed by atoms with Gasteiger partial charge in [-0.05, 0) is 49.8 Å². The topological polar surface area (TPSA) is 91.8 Å². The molecule has 3 heterocycles. The van der Waals surface area contributed by atoms with Crippen molar-refractivity contribution in [2.75, 3.05) is 6.26 Å². The number of likely N-dealkylation sites (tertiary alicyclic amines) is 1. The summed E-state index contributed by atoms with van der Waals surface area (Å²) >= 11 is 0. The molecule has 2 bridgehead atoms. The number of piperidine rings is 1. The molecule has 29 heavy (non-hydrogen) atoms. The lowest BCUT2D eigenvalue weighted by Crippen LogP contribution is -2.53. The van der Waals surface area contributed by atoms with E-state index in [0.717, 1.165) is 18.4 Å². The molecule has 0 saturated carbocycles. The van der Waals surface area contributed by atoms with Crippen molar-refractivity contribution in [1.82, 2.24) is 9.80 Å². The third kappa shape index (κ3) is 3.95. The molecule has 3 amide bonds. The van der Waals surface area contributed by atoms with Crippen molar-refractivity contribution < 1.29 is 22.8 Å². The van der Waals surface area contributed by atoms with E-state index in [4.69, 9.17) is 0 Å². The number of carbonyl (C=O) groups is 3. The van der Waals surface area contributed by atoms with Crippen LogP contribution in [0.25, 0.3) is 0 Å². The summed E-state index contributed by atoms with van der Waals surface area (Å²) in [5.41, 5.74) is 0.932. The molecule has 1 aromatic carbocycles. The zero-order chi connectivity index (χ0) is 20.8. The van der Waals surface area contributed by atoms with Gasteiger partial charge in [0.2, 0.25) is 17.7 Å². The Balaban J connectivity index is 1.37. The highest BCUT2D eigenvalue weighted by Gasteiger charge is 2.47. The average molecular weight is 419 g/mol. The summed E-state index contributed by atoms with van der Waals surface area (Å²) < 4.78 is 23.1. The van der Waals surface area contributed by atoms with E-state index >= 15 is 0 Å². The van der Waals surface area contributed by atoms with Crippen LogP contribution in [0.1, 0.15) is 50.5 Å². The summed E-state index contributed by atoms with van der Waals surface area (Å²) in [5.74, 6) is -0.0457. The van der Waals surface area contributed by atoms with E-state index < -0.39 is 9.84 Å². The highest BCUT2D eigenvalue weighted by atomic mass is 32.2. The maximum Gasteiger partial charge on any atom is 0.229 e. The predicted molar refractivity (Wildman–Crippen MR) is 106 cm³/mol. The summed E-state index contributed by atoms with van der Waals surface area (Å²) in [6.07, 6.45) is 5.94. The number of rotatable bonds is 5. The molecule has 0 spiro atoms. The quantitative estimate of drug-likeness (QED) is 0.679. The second-order valence-electron chi connectivity index (χ2n) is 8.38. The van der Waals surface area contributed by atoms with Crippen LogP contribution in [-0.2, 0) is 30.6 Å². The van der Waals surface area contributed by atoms with Gasteiger partial charge in [-0.2, -0.15) is 0 Å². The van der Waals surface area contributed by atoms with Crippen molar-refractivity contribution in [3.8, 4) is 0 Å². The summed E-state index contributed by atoms with van der Waals surface area (Å²) in [5, 5.41) is 0. The highest BCUT2D eigenvalue weighted by Crippen LogP contribution is 2.39. The molecule has 0 N–H and O–H groups in total. The van der Waals surface area contributed by atoms with Crippen molar-refractivity contribution in [3.05, 3.63) is 29.8 Å². The number of imide groups is 1. The largest absolute Gasteiger partial charge is 0.337 e. The van der Waals surface area contributed by atoms with Crippen molar-refractivity contribution in [3.63, 3.8) is 0 Å². The molecule has 8 heteroatoms. The Morgan fingerprint density at radius 2 is 1.52 bits per heavy atom. The minimum Gasteiger partial charge on any atom is -0.337 e. The van der Waals surface area contributed by atoms with Crippen LogP contribution in [0.2, 0.25) is 0 Å². The summed E-state index contributed by atoms with van der Waals surface area (Å²) in [7, 11) is -3.22. The second-order valence-corrected chi connectivity index (χ2v) is 10.4. The van der Waals surface area contributed by atoms with Crippen molar-refractivity contribution in [2.45, 2.75) is 74.4 Å². The van der Waals surface area contributed by atoms with E-state index in [0.29, 0.717) is 38.5 Å². The van der Waals surface area contributed by atoms with Crippen LogP contribution in [0, 0.1) is 0 Å². The van der Waals surface area contributed by atoms with E-state index in [9.17, 15) is 22.8 Å². The van der Waals surface area contributed by atoms with Crippen molar-refractivity contribution in [1.29, 1.82) is 0 Å². The van der Waals surface area contributed by atoms with E-state index in [-0.39, 0.29) is 40.7 Å². The lowest BCUT2D eigenvalue weighted by atomic mass is 9.95. The fourth-order valence-corrected chi connectivity index (χ4v) is 5.68. The minimum absolute atomic E-state index is 0.0670. The third-order valence-electron chi connectivity index (χ3n) is 6.43. The van der Waals surface area contributed by atoms with Crippen molar-refractivity contribution in [2.24, 2.45) is 0 Å². The van der Waals surface area contributed by atoms with E-state index in [1.807, 2.05) is 4.90 Å². The van der Waals surface area contributed by atoms with E-state index in [1.165, 1.54) is 11.2 Å². The third-order valence-corrected chi connectivity index (χ3v) is 7.56. The van der Waals surface area contributed by atoms with Crippen LogP contribution in [0.4, 0.5) is 0 Å². The second kappa shape index (κ2) is 7.55. The SMILES string of the molecule is CS(=O)(=O)c1ccc(CCC(=O)N2C3CCC2CC(N2C(=O)CCC2=O)C3)cc1. The number of amides is 3. The van der Waals surface area contributed by atoms with Gasteiger partial charge in [0.05, 0.1) is 4.90 Å². The van der Waals surface area contributed by atoms with Crippen LogP contribution in [0.15, 0.2) is 29.2 Å². The molecular formula is C21H26N2O5S.